The Balaban J connectivity index is 2.18. The van der Waals surface area contributed by atoms with Gasteiger partial charge in [-0.15, -0.1) is 0 Å². The van der Waals surface area contributed by atoms with Gasteiger partial charge in [-0.1, -0.05) is 0 Å². The Morgan fingerprint density at radius 2 is 1.88 bits per heavy atom. The molecule has 0 spiro atoms. The van der Waals surface area contributed by atoms with Crippen molar-refractivity contribution in [1.29, 1.82) is 0 Å². The van der Waals surface area contributed by atoms with Crippen LogP contribution in [0, 0.1) is 0 Å². The van der Waals surface area contributed by atoms with Gasteiger partial charge < -0.3 is 19.3 Å². The first-order chi connectivity index (χ1) is 12.0. The number of carbonyl (C=O) groups is 2. The quantitative estimate of drug-likeness (QED) is 0.613. The molecule has 0 saturated heterocycles. The Morgan fingerprint density at radius 1 is 1.12 bits per heavy atom. The molecule has 0 fully saturated rings. The van der Waals surface area contributed by atoms with Crippen LogP contribution in [-0.4, -0.2) is 30.6 Å². The standard InChI is InChI=1S/C19H20O6/c1-4-24-18-8-5-13(12(2)20)9-14(18)11-25-19(22)16-7-6-15(23-3)10-17(16)21/h5-10,21H,4,11H2,1-3H3. The molecule has 6 heteroatoms. The van der Waals surface area contributed by atoms with E-state index in [0.29, 0.717) is 29.2 Å². The zero-order valence-corrected chi connectivity index (χ0v) is 14.4. The number of hydrogen-bond acceptors (Lipinski definition) is 6. The number of esters is 1. The average molecular weight is 344 g/mol. The van der Waals surface area contributed by atoms with Crippen LogP contribution in [0.15, 0.2) is 36.4 Å². The van der Waals surface area contributed by atoms with E-state index < -0.39 is 5.97 Å². The van der Waals surface area contributed by atoms with Crippen LogP contribution in [0.5, 0.6) is 17.2 Å². The summed E-state index contributed by atoms with van der Waals surface area (Å²) < 4.78 is 15.7. The van der Waals surface area contributed by atoms with Crippen LogP contribution in [0.1, 0.15) is 40.1 Å². The lowest BCUT2D eigenvalue weighted by Gasteiger charge is -2.12. The van der Waals surface area contributed by atoms with Crippen LogP contribution in [0.4, 0.5) is 0 Å². The van der Waals surface area contributed by atoms with E-state index in [1.165, 1.54) is 26.2 Å². The minimum absolute atomic E-state index is 0.0292. The van der Waals surface area contributed by atoms with E-state index >= 15 is 0 Å². The minimum atomic E-state index is -0.684. The van der Waals surface area contributed by atoms with Crippen molar-refractivity contribution in [2.75, 3.05) is 13.7 Å². The van der Waals surface area contributed by atoms with Gasteiger partial charge in [-0.25, -0.2) is 4.79 Å². The van der Waals surface area contributed by atoms with Gasteiger partial charge in [0.2, 0.25) is 0 Å². The molecule has 2 aromatic rings. The second-order valence-electron chi connectivity index (χ2n) is 5.27. The van der Waals surface area contributed by atoms with E-state index in [2.05, 4.69) is 0 Å². The van der Waals surface area contributed by atoms with Gasteiger partial charge in [0, 0.05) is 17.2 Å². The molecular weight excluding hydrogens is 324 g/mol. The second-order valence-corrected chi connectivity index (χ2v) is 5.27. The number of methoxy groups -OCH3 is 1. The summed E-state index contributed by atoms with van der Waals surface area (Å²) >= 11 is 0. The predicted molar refractivity (Wildman–Crippen MR) is 91.4 cm³/mol. The van der Waals surface area contributed by atoms with Crippen LogP contribution in [0.25, 0.3) is 0 Å². The normalized spacial score (nSPS) is 10.2. The lowest BCUT2D eigenvalue weighted by molar-refractivity contribution is 0.0466. The number of ether oxygens (including phenoxy) is 3. The molecule has 0 aliphatic heterocycles. The number of carbonyl (C=O) groups excluding carboxylic acids is 2. The fourth-order valence-electron chi connectivity index (χ4n) is 2.24. The summed E-state index contributed by atoms with van der Waals surface area (Å²) in [5, 5.41) is 9.90. The molecule has 0 aliphatic rings. The van der Waals surface area contributed by atoms with E-state index in [1.807, 2.05) is 6.92 Å². The minimum Gasteiger partial charge on any atom is -0.507 e. The first kappa shape index (κ1) is 18.3. The third-order valence-electron chi connectivity index (χ3n) is 3.55. The van der Waals surface area contributed by atoms with Gasteiger partial charge in [-0.3, -0.25) is 4.79 Å². The van der Waals surface area contributed by atoms with E-state index in [4.69, 9.17) is 14.2 Å². The SMILES string of the molecule is CCOc1ccc(C(C)=O)cc1COC(=O)c1ccc(OC)cc1O. The maximum Gasteiger partial charge on any atom is 0.342 e. The summed E-state index contributed by atoms with van der Waals surface area (Å²) in [5.74, 6) is -0.0350. The Kier molecular flexibility index (Phi) is 6.00. The zero-order valence-electron chi connectivity index (χ0n) is 14.4. The predicted octanol–water partition coefficient (Wildman–Crippen LogP) is 3.36. The number of ketones is 1. The number of phenolic OH excluding ortho intramolecular Hbond substituents is 1. The molecule has 2 aromatic carbocycles. The molecule has 2 rings (SSSR count). The molecule has 0 atom stereocenters. The highest BCUT2D eigenvalue weighted by Gasteiger charge is 2.15. The molecule has 1 N–H and O–H groups in total. The first-order valence-electron chi connectivity index (χ1n) is 7.77. The summed E-state index contributed by atoms with van der Waals surface area (Å²) in [7, 11) is 1.46. The van der Waals surface area contributed by atoms with Gasteiger partial charge in [0.1, 0.15) is 29.4 Å². The van der Waals surface area contributed by atoms with E-state index in [0.717, 1.165) is 0 Å². The average Bonchev–Trinajstić information content (AvgIpc) is 2.60. The summed E-state index contributed by atoms with van der Waals surface area (Å²) in [6.45, 7) is 3.66. The molecule has 25 heavy (non-hydrogen) atoms. The first-order valence-corrected chi connectivity index (χ1v) is 7.77. The van der Waals surface area contributed by atoms with Gasteiger partial charge >= 0.3 is 5.97 Å². The Hall–Kier alpha value is -3.02. The van der Waals surface area contributed by atoms with Crippen molar-refractivity contribution < 1.29 is 28.9 Å². The van der Waals surface area contributed by atoms with Crippen molar-refractivity contribution in [3.05, 3.63) is 53.1 Å². The number of rotatable bonds is 7. The summed E-state index contributed by atoms with van der Waals surface area (Å²) in [4.78, 5) is 23.7. The molecule has 0 amide bonds. The van der Waals surface area contributed by atoms with Gasteiger partial charge in [-0.05, 0) is 44.2 Å². The van der Waals surface area contributed by atoms with Crippen LogP contribution < -0.4 is 9.47 Å². The van der Waals surface area contributed by atoms with Crippen molar-refractivity contribution in [3.8, 4) is 17.2 Å². The summed E-state index contributed by atoms with van der Waals surface area (Å²) in [6.07, 6.45) is 0. The third kappa shape index (κ3) is 4.50. The fourth-order valence-corrected chi connectivity index (χ4v) is 2.24. The maximum absolute atomic E-state index is 12.2. The van der Waals surface area contributed by atoms with E-state index in [-0.39, 0.29) is 23.7 Å². The third-order valence-corrected chi connectivity index (χ3v) is 3.55. The van der Waals surface area contributed by atoms with Crippen LogP contribution in [0.3, 0.4) is 0 Å². The highest BCUT2D eigenvalue weighted by molar-refractivity contribution is 5.94. The van der Waals surface area contributed by atoms with Crippen molar-refractivity contribution in [2.24, 2.45) is 0 Å². The molecule has 0 aromatic heterocycles. The van der Waals surface area contributed by atoms with E-state index in [9.17, 15) is 14.7 Å². The summed E-state index contributed by atoms with van der Waals surface area (Å²) in [5.41, 5.74) is 1.11. The topological polar surface area (TPSA) is 82.1 Å². The molecule has 0 aliphatic carbocycles. The molecule has 6 nitrogen and oxygen atoms in total. The monoisotopic (exact) mass is 344 g/mol. The molecule has 0 heterocycles. The number of Topliss-reactive ketones (excluding diaryl/α,β-unsaturated/α-hetero) is 1. The summed E-state index contributed by atoms with van der Waals surface area (Å²) in [6, 6.07) is 9.28. The lowest BCUT2D eigenvalue weighted by atomic mass is 10.1. The highest BCUT2D eigenvalue weighted by atomic mass is 16.5. The Labute approximate surface area is 146 Å². The molecule has 0 saturated carbocycles. The Bertz CT molecular complexity index is 781. The number of aromatic hydroxyl groups is 1. The molecule has 0 bridgehead atoms. The fraction of sp³-hybridized carbons (Fsp3) is 0.263. The molecule has 0 unspecified atom stereocenters. The second kappa shape index (κ2) is 8.19. The lowest BCUT2D eigenvalue weighted by Crippen LogP contribution is -2.08. The van der Waals surface area contributed by atoms with Crippen molar-refractivity contribution in [3.63, 3.8) is 0 Å². The largest absolute Gasteiger partial charge is 0.507 e. The van der Waals surface area contributed by atoms with Gasteiger partial charge in [0.05, 0.1) is 13.7 Å². The van der Waals surface area contributed by atoms with Gasteiger partial charge in [-0.2, -0.15) is 0 Å². The number of benzene rings is 2. The van der Waals surface area contributed by atoms with Crippen molar-refractivity contribution >= 4 is 11.8 Å². The smallest absolute Gasteiger partial charge is 0.342 e. The molecule has 0 radical (unpaired) electrons. The van der Waals surface area contributed by atoms with Crippen molar-refractivity contribution in [1.82, 2.24) is 0 Å². The van der Waals surface area contributed by atoms with E-state index in [1.54, 1.807) is 24.3 Å². The van der Waals surface area contributed by atoms with Crippen molar-refractivity contribution in [2.45, 2.75) is 20.5 Å². The zero-order chi connectivity index (χ0) is 18.4. The highest BCUT2D eigenvalue weighted by Crippen LogP contribution is 2.26. The van der Waals surface area contributed by atoms with Gasteiger partial charge in [0.15, 0.2) is 5.78 Å². The van der Waals surface area contributed by atoms with Crippen LogP contribution >= 0.6 is 0 Å². The number of hydrogen-bond donors (Lipinski definition) is 1. The number of phenols is 1. The van der Waals surface area contributed by atoms with Crippen LogP contribution in [0.2, 0.25) is 0 Å². The van der Waals surface area contributed by atoms with Gasteiger partial charge in [0.25, 0.3) is 0 Å². The maximum atomic E-state index is 12.2. The molecular formula is C19H20O6. The molecule has 132 valence electrons. The van der Waals surface area contributed by atoms with Crippen LogP contribution in [-0.2, 0) is 11.3 Å². The Morgan fingerprint density at radius 3 is 2.48 bits per heavy atom.